The molecule has 4 heteroatoms. The molecule has 0 saturated carbocycles. The maximum Gasteiger partial charge on any atom is 0.253 e. The van der Waals surface area contributed by atoms with Crippen LogP contribution in [0.25, 0.3) is 0 Å². The van der Waals surface area contributed by atoms with Crippen molar-refractivity contribution in [2.45, 2.75) is 31.4 Å². The third-order valence-corrected chi connectivity index (χ3v) is 3.51. The van der Waals surface area contributed by atoms with Gasteiger partial charge in [-0.3, -0.25) is 4.79 Å². The Morgan fingerprint density at radius 2 is 2.21 bits per heavy atom. The lowest BCUT2D eigenvalue weighted by Crippen LogP contribution is -2.44. The minimum absolute atomic E-state index is 0.0685. The van der Waals surface area contributed by atoms with Crippen molar-refractivity contribution in [1.29, 1.82) is 0 Å². The van der Waals surface area contributed by atoms with Crippen LogP contribution in [0.5, 0.6) is 0 Å². The molecule has 1 aromatic carbocycles. The third kappa shape index (κ3) is 4.04. The molecule has 0 spiro atoms. The first-order chi connectivity index (χ1) is 9.31. The van der Waals surface area contributed by atoms with Gasteiger partial charge in [0.25, 0.3) is 5.91 Å². The first-order valence-electron chi connectivity index (χ1n) is 6.90. The summed E-state index contributed by atoms with van der Waals surface area (Å²) in [6.45, 7) is 1.72. The van der Waals surface area contributed by atoms with E-state index in [9.17, 15) is 4.79 Å². The zero-order valence-corrected chi connectivity index (χ0v) is 11.4. The maximum atomic E-state index is 12.2. The number of ether oxygens (including phenoxy) is 1. The predicted octanol–water partition coefficient (Wildman–Crippen LogP) is 1.63. The molecule has 0 aromatic heterocycles. The topological polar surface area (TPSA) is 50.4 Å². The fourth-order valence-electron chi connectivity index (χ4n) is 2.44. The van der Waals surface area contributed by atoms with E-state index >= 15 is 0 Å². The predicted molar refractivity (Wildman–Crippen MR) is 74.8 cm³/mol. The van der Waals surface area contributed by atoms with Crippen molar-refractivity contribution in [3.8, 4) is 0 Å². The smallest absolute Gasteiger partial charge is 0.253 e. The van der Waals surface area contributed by atoms with E-state index in [1.807, 2.05) is 30.3 Å². The Hall–Kier alpha value is -1.39. The van der Waals surface area contributed by atoms with Crippen LogP contribution in [-0.4, -0.2) is 32.1 Å². The molecular formula is C15H22N2O2. The summed E-state index contributed by atoms with van der Waals surface area (Å²) in [5.74, 6) is -0.0685. The minimum atomic E-state index is -0.523. The van der Waals surface area contributed by atoms with Crippen LogP contribution >= 0.6 is 0 Å². The Balaban J connectivity index is 1.86. The summed E-state index contributed by atoms with van der Waals surface area (Å²) in [7, 11) is 1.57. The monoisotopic (exact) mass is 262 g/mol. The number of methoxy groups -OCH3 is 1. The number of carbonyl (C=O) groups is 1. The van der Waals surface area contributed by atoms with Crippen LogP contribution in [-0.2, 0) is 9.53 Å². The summed E-state index contributed by atoms with van der Waals surface area (Å²) in [4.78, 5) is 12.2. The molecule has 1 saturated heterocycles. The summed E-state index contributed by atoms with van der Waals surface area (Å²) >= 11 is 0. The van der Waals surface area contributed by atoms with Crippen molar-refractivity contribution in [1.82, 2.24) is 10.6 Å². The number of nitrogens with one attached hydrogen (secondary N) is 2. The van der Waals surface area contributed by atoms with Gasteiger partial charge >= 0.3 is 0 Å². The highest BCUT2D eigenvalue weighted by Gasteiger charge is 2.21. The van der Waals surface area contributed by atoms with Crippen LogP contribution in [0.15, 0.2) is 30.3 Å². The number of rotatable bonds is 5. The third-order valence-electron chi connectivity index (χ3n) is 3.51. The highest BCUT2D eigenvalue weighted by molar-refractivity contribution is 5.82. The van der Waals surface area contributed by atoms with Crippen molar-refractivity contribution >= 4 is 5.91 Å². The molecule has 104 valence electrons. The van der Waals surface area contributed by atoms with E-state index in [4.69, 9.17) is 4.74 Å². The normalized spacial score (nSPS) is 20.8. The molecule has 1 aliphatic rings. The van der Waals surface area contributed by atoms with Crippen molar-refractivity contribution in [2.75, 3.05) is 20.2 Å². The van der Waals surface area contributed by atoms with Crippen molar-refractivity contribution in [3.63, 3.8) is 0 Å². The highest BCUT2D eigenvalue weighted by Crippen LogP contribution is 2.16. The van der Waals surface area contributed by atoms with E-state index in [0.717, 1.165) is 18.5 Å². The van der Waals surface area contributed by atoms with E-state index in [0.29, 0.717) is 12.6 Å². The number of benzene rings is 1. The van der Waals surface area contributed by atoms with Gasteiger partial charge < -0.3 is 15.4 Å². The minimum Gasteiger partial charge on any atom is -0.367 e. The van der Waals surface area contributed by atoms with Gasteiger partial charge in [-0.15, -0.1) is 0 Å². The van der Waals surface area contributed by atoms with Gasteiger partial charge in [-0.05, 0) is 24.9 Å². The van der Waals surface area contributed by atoms with Gasteiger partial charge in [-0.2, -0.15) is 0 Å². The Kier molecular flexibility index (Phi) is 5.36. The lowest BCUT2D eigenvalue weighted by Gasteiger charge is -2.24. The largest absolute Gasteiger partial charge is 0.367 e. The number of hydrogen-bond acceptors (Lipinski definition) is 3. The summed E-state index contributed by atoms with van der Waals surface area (Å²) in [5, 5.41) is 6.39. The molecular weight excluding hydrogens is 240 g/mol. The lowest BCUT2D eigenvalue weighted by atomic mass is 10.0. The van der Waals surface area contributed by atoms with Gasteiger partial charge in [-0.25, -0.2) is 0 Å². The first-order valence-corrected chi connectivity index (χ1v) is 6.90. The number of carbonyl (C=O) groups excluding carboxylic acids is 1. The van der Waals surface area contributed by atoms with Crippen LogP contribution in [0.3, 0.4) is 0 Å². The van der Waals surface area contributed by atoms with Crippen molar-refractivity contribution in [3.05, 3.63) is 35.9 Å². The molecule has 1 fully saturated rings. The zero-order valence-electron chi connectivity index (χ0n) is 11.4. The molecule has 0 bridgehead atoms. The average molecular weight is 262 g/mol. The molecule has 1 aliphatic heterocycles. The second-order valence-electron chi connectivity index (χ2n) is 4.92. The van der Waals surface area contributed by atoms with Crippen molar-refractivity contribution < 1.29 is 9.53 Å². The molecule has 2 N–H and O–H groups in total. The van der Waals surface area contributed by atoms with Crippen LogP contribution in [0.2, 0.25) is 0 Å². The van der Waals surface area contributed by atoms with Gasteiger partial charge in [0, 0.05) is 19.7 Å². The van der Waals surface area contributed by atoms with Crippen molar-refractivity contribution in [2.24, 2.45) is 0 Å². The van der Waals surface area contributed by atoms with Crippen LogP contribution in [0, 0.1) is 0 Å². The molecule has 2 unspecified atom stereocenters. The fourth-order valence-corrected chi connectivity index (χ4v) is 2.44. The van der Waals surface area contributed by atoms with Crippen LogP contribution in [0.1, 0.15) is 30.9 Å². The molecule has 2 atom stereocenters. The molecule has 0 radical (unpaired) electrons. The van der Waals surface area contributed by atoms with Gasteiger partial charge in [0.05, 0.1) is 0 Å². The van der Waals surface area contributed by atoms with Gasteiger partial charge in [0.15, 0.2) is 6.10 Å². The van der Waals surface area contributed by atoms with Crippen LogP contribution in [0.4, 0.5) is 0 Å². The van der Waals surface area contributed by atoms with E-state index in [1.54, 1.807) is 7.11 Å². The molecule has 19 heavy (non-hydrogen) atoms. The Labute approximate surface area is 114 Å². The Morgan fingerprint density at radius 3 is 2.84 bits per heavy atom. The second-order valence-corrected chi connectivity index (χ2v) is 4.92. The van der Waals surface area contributed by atoms with Gasteiger partial charge in [-0.1, -0.05) is 36.8 Å². The number of hydrogen-bond donors (Lipinski definition) is 2. The molecule has 2 rings (SSSR count). The quantitative estimate of drug-likeness (QED) is 0.848. The Bertz CT molecular complexity index is 388. The second kappa shape index (κ2) is 7.26. The highest BCUT2D eigenvalue weighted by atomic mass is 16.5. The summed E-state index contributed by atoms with van der Waals surface area (Å²) < 4.78 is 5.31. The molecule has 1 aromatic rings. The summed E-state index contributed by atoms with van der Waals surface area (Å²) in [5.41, 5.74) is 0.888. The summed E-state index contributed by atoms with van der Waals surface area (Å²) in [6.07, 6.45) is 3.07. The van der Waals surface area contributed by atoms with E-state index in [2.05, 4.69) is 10.6 Å². The van der Waals surface area contributed by atoms with Gasteiger partial charge in [0.1, 0.15) is 0 Å². The maximum absolute atomic E-state index is 12.2. The van der Waals surface area contributed by atoms with E-state index in [1.165, 1.54) is 12.8 Å². The van der Waals surface area contributed by atoms with Gasteiger partial charge in [0.2, 0.25) is 0 Å². The van der Waals surface area contributed by atoms with E-state index in [-0.39, 0.29) is 5.91 Å². The first kappa shape index (κ1) is 14.0. The molecule has 1 amide bonds. The number of amides is 1. The molecule has 4 nitrogen and oxygen atoms in total. The standard InChI is InChI=1S/C15H22N2O2/c1-19-14(12-7-3-2-4-8-12)15(18)17-11-13-9-5-6-10-16-13/h2-4,7-8,13-14,16H,5-6,9-11H2,1H3,(H,17,18). The fraction of sp³-hybridized carbons (Fsp3) is 0.533. The van der Waals surface area contributed by atoms with Crippen LogP contribution < -0.4 is 10.6 Å². The summed E-state index contributed by atoms with van der Waals surface area (Å²) in [6, 6.07) is 9.97. The molecule has 0 aliphatic carbocycles. The van der Waals surface area contributed by atoms with E-state index < -0.39 is 6.10 Å². The average Bonchev–Trinajstić information content (AvgIpc) is 2.48. The lowest BCUT2D eigenvalue weighted by molar-refractivity contribution is -0.131. The zero-order chi connectivity index (χ0) is 13.5. The SMILES string of the molecule is COC(C(=O)NCC1CCCCN1)c1ccccc1. The molecule has 1 heterocycles. The Morgan fingerprint density at radius 1 is 1.42 bits per heavy atom. The number of piperidine rings is 1.